The summed E-state index contributed by atoms with van der Waals surface area (Å²) in [5.41, 5.74) is 0. The van der Waals surface area contributed by atoms with Crippen molar-refractivity contribution in [1.29, 1.82) is 0 Å². The monoisotopic (exact) mass is 272 g/mol. The Morgan fingerprint density at radius 2 is 2.26 bits per heavy atom. The molecular formula is C14H28N2O3. The lowest BCUT2D eigenvalue weighted by molar-refractivity contribution is 0.105. The van der Waals surface area contributed by atoms with Gasteiger partial charge >= 0.3 is 6.03 Å². The van der Waals surface area contributed by atoms with Crippen molar-refractivity contribution in [2.75, 3.05) is 32.9 Å². The van der Waals surface area contributed by atoms with Crippen LogP contribution in [0.2, 0.25) is 0 Å². The van der Waals surface area contributed by atoms with Gasteiger partial charge in [0.25, 0.3) is 0 Å². The number of likely N-dealkylation sites (tertiary alicyclic amines) is 1. The van der Waals surface area contributed by atoms with Crippen LogP contribution < -0.4 is 5.32 Å². The second-order valence-electron chi connectivity index (χ2n) is 5.56. The lowest BCUT2D eigenvalue weighted by atomic mass is 10.0. The molecule has 1 saturated heterocycles. The molecule has 0 aromatic heterocycles. The molecule has 1 aliphatic rings. The fraction of sp³-hybridized carbons (Fsp3) is 0.929. The van der Waals surface area contributed by atoms with E-state index in [2.05, 4.69) is 19.2 Å². The Kier molecular flexibility index (Phi) is 7.82. The zero-order valence-electron chi connectivity index (χ0n) is 12.2. The molecule has 1 aliphatic heterocycles. The molecule has 5 heteroatoms. The summed E-state index contributed by atoms with van der Waals surface area (Å²) in [5.74, 6) is 0.520. The van der Waals surface area contributed by atoms with Gasteiger partial charge in [0, 0.05) is 32.3 Å². The summed E-state index contributed by atoms with van der Waals surface area (Å²) in [7, 11) is 0. The van der Waals surface area contributed by atoms with Crippen LogP contribution >= 0.6 is 0 Å². The number of rotatable bonds is 7. The summed E-state index contributed by atoms with van der Waals surface area (Å²) in [5, 5.41) is 11.9. The molecule has 0 saturated carbocycles. The molecule has 0 bridgehead atoms. The van der Waals surface area contributed by atoms with Crippen molar-refractivity contribution in [2.45, 2.75) is 45.6 Å². The molecule has 1 atom stereocenters. The Hall–Kier alpha value is -0.810. The summed E-state index contributed by atoms with van der Waals surface area (Å²) in [6.07, 6.45) is 3.88. The summed E-state index contributed by atoms with van der Waals surface area (Å²) < 4.78 is 5.43. The van der Waals surface area contributed by atoms with Crippen LogP contribution in [0.4, 0.5) is 4.79 Å². The predicted molar refractivity (Wildman–Crippen MR) is 75.1 cm³/mol. The SMILES string of the molecule is CC(C)COCCNC(=O)N1CCCCC1CCO. The van der Waals surface area contributed by atoms with Crippen molar-refractivity contribution in [3.63, 3.8) is 0 Å². The Labute approximate surface area is 116 Å². The molecule has 1 rings (SSSR count). The zero-order chi connectivity index (χ0) is 14.1. The zero-order valence-corrected chi connectivity index (χ0v) is 12.2. The van der Waals surface area contributed by atoms with E-state index in [0.29, 0.717) is 25.5 Å². The van der Waals surface area contributed by atoms with Gasteiger partial charge in [0.2, 0.25) is 0 Å². The Morgan fingerprint density at radius 3 is 2.95 bits per heavy atom. The van der Waals surface area contributed by atoms with Crippen LogP contribution in [0.5, 0.6) is 0 Å². The van der Waals surface area contributed by atoms with Gasteiger partial charge < -0.3 is 20.1 Å². The maximum atomic E-state index is 12.1. The number of hydrogen-bond acceptors (Lipinski definition) is 3. The second-order valence-corrected chi connectivity index (χ2v) is 5.56. The number of ether oxygens (including phenoxy) is 1. The minimum Gasteiger partial charge on any atom is -0.396 e. The molecule has 1 unspecified atom stereocenters. The van der Waals surface area contributed by atoms with E-state index in [1.807, 2.05) is 4.90 Å². The first-order chi connectivity index (χ1) is 9.15. The molecule has 0 aliphatic carbocycles. The van der Waals surface area contributed by atoms with Gasteiger partial charge in [0.05, 0.1) is 6.61 Å². The van der Waals surface area contributed by atoms with Crippen LogP contribution in [0.3, 0.4) is 0 Å². The molecule has 1 fully saturated rings. The highest BCUT2D eigenvalue weighted by atomic mass is 16.5. The minimum atomic E-state index is -0.0219. The van der Waals surface area contributed by atoms with E-state index in [-0.39, 0.29) is 18.7 Å². The van der Waals surface area contributed by atoms with Crippen molar-refractivity contribution in [1.82, 2.24) is 10.2 Å². The van der Waals surface area contributed by atoms with Gasteiger partial charge in [0.15, 0.2) is 0 Å². The van der Waals surface area contributed by atoms with Gasteiger partial charge in [-0.2, -0.15) is 0 Å². The van der Waals surface area contributed by atoms with Gasteiger partial charge in [-0.25, -0.2) is 4.79 Å². The maximum Gasteiger partial charge on any atom is 0.317 e. The topological polar surface area (TPSA) is 61.8 Å². The maximum absolute atomic E-state index is 12.1. The Bertz CT molecular complexity index is 257. The highest BCUT2D eigenvalue weighted by Crippen LogP contribution is 2.19. The third-order valence-electron chi connectivity index (χ3n) is 3.32. The predicted octanol–water partition coefficient (Wildman–Crippen LogP) is 1.61. The average Bonchev–Trinajstić information content (AvgIpc) is 2.39. The van der Waals surface area contributed by atoms with Crippen LogP contribution in [0.15, 0.2) is 0 Å². The number of carbonyl (C=O) groups excluding carboxylic acids is 1. The van der Waals surface area contributed by atoms with Crippen LogP contribution in [-0.4, -0.2) is 55.0 Å². The summed E-state index contributed by atoms with van der Waals surface area (Å²) >= 11 is 0. The molecule has 112 valence electrons. The summed E-state index contributed by atoms with van der Waals surface area (Å²) in [6, 6.07) is 0.168. The first-order valence-electron chi connectivity index (χ1n) is 7.38. The highest BCUT2D eigenvalue weighted by Gasteiger charge is 2.25. The van der Waals surface area contributed by atoms with E-state index in [1.165, 1.54) is 0 Å². The highest BCUT2D eigenvalue weighted by molar-refractivity contribution is 5.74. The number of nitrogens with zero attached hydrogens (tertiary/aromatic N) is 1. The molecule has 0 spiro atoms. The standard InChI is InChI=1S/C14H28N2O3/c1-12(2)11-19-10-7-15-14(18)16-8-4-3-5-13(16)6-9-17/h12-13,17H,3-11H2,1-2H3,(H,15,18). The second kappa shape index (κ2) is 9.15. The van der Waals surface area contributed by atoms with Gasteiger partial charge in [-0.3, -0.25) is 0 Å². The first-order valence-corrected chi connectivity index (χ1v) is 7.38. The summed E-state index contributed by atoms with van der Waals surface area (Å²) in [6.45, 7) is 6.98. The molecule has 2 amide bonds. The van der Waals surface area contributed by atoms with Crippen LogP contribution in [0, 0.1) is 5.92 Å². The third-order valence-corrected chi connectivity index (χ3v) is 3.32. The van der Waals surface area contributed by atoms with E-state index in [1.54, 1.807) is 0 Å². The van der Waals surface area contributed by atoms with Crippen molar-refractivity contribution in [3.8, 4) is 0 Å². The van der Waals surface area contributed by atoms with Crippen LogP contribution in [0.1, 0.15) is 39.5 Å². The number of aliphatic hydroxyl groups excluding tert-OH is 1. The number of urea groups is 1. The fourth-order valence-corrected chi connectivity index (χ4v) is 2.37. The Balaban J connectivity index is 2.22. The molecule has 19 heavy (non-hydrogen) atoms. The van der Waals surface area contributed by atoms with Gasteiger partial charge in [-0.05, 0) is 31.6 Å². The van der Waals surface area contributed by atoms with E-state index in [4.69, 9.17) is 9.84 Å². The van der Waals surface area contributed by atoms with Gasteiger partial charge in [-0.1, -0.05) is 13.8 Å². The molecule has 5 nitrogen and oxygen atoms in total. The van der Waals surface area contributed by atoms with Gasteiger partial charge in [-0.15, -0.1) is 0 Å². The fourth-order valence-electron chi connectivity index (χ4n) is 2.37. The van der Waals surface area contributed by atoms with Crippen LogP contribution in [-0.2, 0) is 4.74 Å². The number of amides is 2. The molecule has 0 aromatic rings. The van der Waals surface area contributed by atoms with Gasteiger partial charge in [0.1, 0.15) is 0 Å². The number of aliphatic hydroxyl groups is 1. The lowest BCUT2D eigenvalue weighted by Crippen LogP contribution is -2.49. The van der Waals surface area contributed by atoms with E-state index in [9.17, 15) is 4.79 Å². The number of carbonyl (C=O) groups is 1. The van der Waals surface area contributed by atoms with E-state index < -0.39 is 0 Å². The average molecular weight is 272 g/mol. The number of piperidine rings is 1. The van der Waals surface area contributed by atoms with Crippen molar-refractivity contribution in [3.05, 3.63) is 0 Å². The normalized spacial score (nSPS) is 19.8. The quantitative estimate of drug-likeness (QED) is 0.692. The third kappa shape index (κ3) is 6.25. The van der Waals surface area contributed by atoms with E-state index >= 15 is 0 Å². The Morgan fingerprint density at radius 1 is 1.47 bits per heavy atom. The van der Waals surface area contributed by atoms with E-state index in [0.717, 1.165) is 32.4 Å². The number of hydrogen-bond donors (Lipinski definition) is 2. The number of nitrogens with one attached hydrogen (secondary N) is 1. The molecule has 1 heterocycles. The largest absolute Gasteiger partial charge is 0.396 e. The first kappa shape index (κ1) is 16.2. The molecular weight excluding hydrogens is 244 g/mol. The summed E-state index contributed by atoms with van der Waals surface area (Å²) in [4.78, 5) is 13.9. The minimum absolute atomic E-state index is 0.0219. The smallest absolute Gasteiger partial charge is 0.317 e. The molecule has 0 aromatic carbocycles. The van der Waals surface area contributed by atoms with Crippen molar-refractivity contribution < 1.29 is 14.6 Å². The van der Waals surface area contributed by atoms with Crippen molar-refractivity contribution >= 4 is 6.03 Å². The molecule has 0 radical (unpaired) electrons. The molecule has 2 N–H and O–H groups in total. The van der Waals surface area contributed by atoms with Crippen LogP contribution in [0.25, 0.3) is 0 Å². The lowest BCUT2D eigenvalue weighted by Gasteiger charge is -2.35. The van der Waals surface area contributed by atoms with Crippen molar-refractivity contribution in [2.24, 2.45) is 5.92 Å².